The molecule has 0 aliphatic rings. The zero-order chi connectivity index (χ0) is 18.9. The van der Waals surface area contributed by atoms with Crippen molar-refractivity contribution in [3.8, 4) is 0 Å². The van der Waals surface area contributed by atoms with Crippen molar-refractivity contribution in [1.82, 2.24) is 0 Å². The lowest BCUT2D eigenvalue weighted by Crippen LogP contribution is -2.26. The van der Waals surface area contributed by atoms with Crippen molar-refractivity contribution >= 4 is 40.8 Å². The predicted octanol–water partition coefficient (Wildman–Crippen LogP) is 4.66. The normalized spacial score (nSPS) is 10.7. The summed E-state index contributed by atoms with van der Waals surface area (Å²) in [5.41, 5.74) is 1.83. The number of nitro groups is 1. The molecule has 2 aromatic carbocycles. The zero-order valence-electron chi connectivity index (χ0n) is 14.0. The van der Waals surface area contributed by atoms with Crippen LogP contribution in [0.2, 0.25) is 5.02 Å². The molecule has 0 bridgehead atoms. The van der Waals surface area contributed by atoms with Crippen LogP contribution in [0.1, 0.15) is 6.92 Å². The first kappa shape index (κ1) is 19.3. The van der Waals surface area contributed by atoms with Gasteiger partial charge in [0.25, 0.3) is 12.2 Å². The van der Waals surface area contributed by atoms with Crippen LogP contribution in [0.5, 0.6) is 0 Å². The van der Waals surface area contributed by atoms with Crippen molar-refractivity contribution in [3.63, 3.8) is 0 Å². The molecule has 9 heteroatoms. The fourth-order valence-corrected chi connectivity index (χ4v) is 2.43. The van der Waals surface area contributed by atoms with Crippen LogP contribution < -0.4 is 4.90 Å². The highest BCUT2D eigenvalue weighted by Gasteiger charge is 2.09. The smallest absolute Gasteiger partial charge is 0.293 e. The summed E-state index contributed by atoms with van der Waals surface area (Å²) in [4.78, 5) is 22.4. The molecular formula is C17H17ClN4O4. The SMILES string of the molecule is CCN(CCOC=O)c1ccc(N=Nc2ccc([N+](=O)[O-])cc2Cl)cc1. The van der Waals surface area contributed by atoms with E-state index < -0.39 is 4.92 Å². The van der Waals surface area contributed by atoms with Crippen molar-refractivity contribution in [2.45, 2.75) is 6.92 Å². The van der Waals surface area contributed by atoms with Gasteiger partial charge >= 0.3 is 0 Å². The van der Waals surface area contributed by atoms with Crippen LogP contribution in [0.15, 0.2) is 52.7 Å². The van der Waals surface area contributed by atoms with Crippen LogP contribution in [0.25, 0.3) is 0 Å². The number of nitro benzene ring substituents is 1. The highest BCUT2D eigenvalue weighted by atomic mass is 35.5. The standard InChI is InChI=1S/C17H17ClN4O4/c1-2-21(9-10-26-12-23)14-5-3-13(4-6-14)19-20-17-8-7-15(22(24)25)11-16(17)18/h3-8,11-12H,2,9-10H2,1H3. The van der Waals surface area contributed by atoms with Crippen molar-refractivity contribution in [3.05, 3.63) is 57.6 Å². The summed E-state index contributed by atoms with van der Waals surface area (Å²) < 4.78 is 4.72. The van der Waals surface area contributed by atoms with E-state index in [4.69, 9.17) is 16.3 Å². The minimum atomic E-state index is -0.523. The Morgan fingerprint density at radius 2 is 1.96 bits per heavy atom. The Kier molecular flexibility index (Phi) is 7.04. The van der Waals surface area contributed by atoms with E-state index in [1.165, 1.54) is 18.2 Å². The average Bonchev–Trinajstić information content (AvgIpc) is 2.65. The number of ether oxygens (including phenoxy) is 1. The molecule has 2 rings (SSSR count). The van der Waals surface area contributed by atoms with Crippen LogP contribution in [0, 0.1) is 10.1 Å². The number of non-ortho nitro benzene ring substituents is 1. The van der Waals surface area contributed by atoms with Gasteiger partial charge in [-0.1, -0.05) is 11.6 Å². The van der Waals surface area contributed by atoms with Crippen molar-refractivity contribution in [2.75, 3.05) is 24.6 Å². The number of carbonyl (C=O) groups is 1. The second kappa shape index (κ2) is 9.47. The number of anilines is 1. The molecule has 0 spiro atoms. The maximum Gasteiger partial charge on any atom is 0.293 e. The lowest BCUT2D eigenvalue weighted by atomic mass is 10.2. The molecule has 0 N–H and O–H groups in total. The molecule has 0 saturated heterocycles. The van der Waals surface area contributed by atoms with Gasteiger partial charge in [-0.3, -0.25) is 14.9 Å². The molecule has 0 aliphatic carbocycles. The van der Waals surface area contributed by atoms with E-state index in [0.29, 0.717) is 31.0 Å². The third-order valence-electron chi connectivity index (χ3n) is 3.56. The first-order chi connectivity index (χ1) is 12.5. The minimum Gasteiger partial charge on any atom is -0.466 e. The van der Waals surface area contributed by atoms with E-state index in [1.54, 1.807) is 12.1 Å². The molecule has 0 atom stereocenters. The number of hydrogen-bond acceptors (Lipinski definition) is 7. The minimum absolute atomic E-state index is 0.100. The Morgan fingerprint density at radius 1 is 1.23 bits per heavy atom. The van der Waals surface area contributed by atoms with Gasteiger partial charge in [-0.25, -0.2) is 0 Å². The molecule has 0 heterocycles. The number of carbonyl (C=O) groups excluding carboxylic acids is 1. The Bertz CT molecular complexity index is 796. The molecule has 136 valence electrons. The van der Waals surface area contributed by atoms with Crippen LogP contribution in [0.4, 0.5) is 22.7 Å². The summed E-state index contributed by atoms with van der Waals surface area (Å²) in [6, 6.07) is 11.4. The lowest BCUT2D eigenvalue weighted by molar-refractivity contribution is -0.384. The number of benzene rings is 2. The summed E-state index contributed by atoms with van der Waals surface area (Å²) >= 11 is 5.98. The van der Waals surface area contributed by atoms with Crippen molar-refractivity contribution < 1.29 is 14.5 Å². The topological polar surface area (TPSA) is 97.4 Å². The molecule has 0 saturated carbocycles. The summed E-state index contributed by atoms with van der Waals surface area (Å²) in [6.45, 7) is 4.11. The molecule has 26 heavy (non-hydrogen) atoms. The monoisotopic (exact) mass is 376 g/mol. The van der Waals surface area contributed by atoms with Crippen molar-refractivity contribution in [2.24, 2.45) is 10.2 Å². The van der Waals surface area contributed by atoms with E-state index >= 15 is 0 Å². The van der Waals surface area contributed by atoms with Gasteiger partial charge in [0, 0.05) is 24.4 Å². The Hall–Kier alpha value is -3.00. The third kappa shape index (κ3) is 5.25. The number of halogens is 1. The Morgan fingerprint density at radius 3 is 2.54 bits per heavy atom. The predicted molar refractivity (Wildman–Crippen MR) is 98.6 cm³/mol. The van der Waals surface area contributed by atoms with Gasteiger partial charge in [-0.15, -0.1) is 5.11 Å². The second-order valence-electron chi connectivity index (χ2n) is 5.16. The molecule has 0 aromatic heterocycles. The molecule has 8 nitrogen and oxygen atoms in total. The van der Waals surface area contributed by atoms with E-state index in [1.807, 2.05) is 19.1 Å². The van der Waals surface area contributed by atoms with E-state index in [2.05, 4.69) is 15.1 Å². The lowest BCUT2D eigenvalue weighted by Gasteiger charge is -2.22. The van der Waals surface area contributed by atoms with Gasteiger partial charge in [0.05, 0.1) is 22.2 Å². The van der Waals surface area contributed by atoms with Crippen LogP contribution in [-0.2, 0) is 9.53 Å². The fraction of sp³-hybridized carbons (Fsp3) is 0.235. The largest absolute Gasteiger partial charge is 0.466 e. The van der Waals surface area contributed by atoms with Crippen LogP contribution >= 0.6 is 11.6 Å². The van der Waals surface area contributed by atoms with Gasteiger partial charge in [-0.05, 0) is 37.3 Å². The first-order valence-electron chi connectivity index (χ1n) is 7.81. The third-order valence-corrected chi connectivity index (χ3v) is 3.86. The van der Waals surface area contributed by atoms with Crippen LogP contribution in [0.3, 0.4) is 0 Å². The Labute approximate surface area is 155 Å². The van der Waals surface area contributed by atoms with Gasteiger partial charge in [0.2, 0.25) is 0 Å². The van der Waals surface area contributed by atoms with Gasteiger partial charge in [0.15, 0.2) is 0 Å². The van der Waals surface area contributed by atoms with Gasteiger partial charge < -0.3 is 9.64 Å². The number of hydrogen-bond donors (Lipinski definition) is 0. The van der Waals surface area contributed by atoms with Gasteiger partial charge in [0.1, 0.15) is 12.3 Å². The molecule has 0 aliphatic heterocycles. The molecule has 0 fully saturated rings. The average molecular weight is 377 g/mol. The number of azo groups is 1. The summed E-state index contributed by atoms with van der Waals surface area (Å²) in [5, 5.41) is 19.0. The fourth-order valence-electron chi connectivity index (χ4n) is 2.21. The van der Waals surface area contributed by atoms with Crippen molar-refractivity contribution in [1.29, 1.82) is 0 Å². The summed E-state index contributed by atoms with van der Waals surface area (Å²) in [6.07, 6.45) is 0. The quantitative estimate of drug-likeness (QED) is 0.208. The maximum atomic E-state index is 10.7. The number of nitrogens with zero attached hydrogens (tertiary/aromatic N) is 4. The molecule has 2 aromatic rings. The Balaban J connectivity index is 2.07. The summed E-state index contributed by atoms with van der Waals surface area (Å²) in [5.74, 6) is 0. The van der Waals surface area contributed by atoms with E-state index in [0.717, 1.165) is 12.2 Å². The molecule has 0 unspecified atom stereocenters. The second-order valence-corrected chi connectivity index (χ2v) is 5.56. The molecule has 0 radical (unpaired) electrons. The van der Waals surface area contributed by atoms with E-state index in [-0.39, 0.29) is 10.7 Å². The highest BCUT2D eigenvalue weighted by molar-refractivity contribution is 6.33. The maximum absolute atomic E-state index is 10.7. The summed E-state index contributed by atoms with van der Waals surface area (Å²) in [7, 11) is 0. The number of likely N-dealkylation sites (N-methyl/N-ethyl adjacent to an activating group) is 1. The number of rotatable bonds is 9. The zero-order valence-corrected chi connectivity index (χ0v) is 14.8. The van der Waals surface area contributed by atoms with Gasteiger partial charge in [-0.2, -0.15) is 5.11 Å². The van der Waals surface area contributed by atoms with Crippen LogP contribution in [-0.4, -0.2) is 31.1 Å². The highest BCUT2D eigenvalue weighted by Crippen LogP contribution is 2.30. The first-order valence-corrected chi connectivity index (χ1v) is 8.19. The molecular weight excluding hydrogens is 360 g/mol. The van der Waals surface area contributed by atoms with E-state index in [9.17, 15) is 14.9 Å². The molecule has 0 amide bonds.